The van der Waals surface area contributed by atoms with Crippen molar-refractivity contribution in [3.05, 3.63) is 41.8 Å². The van der Waals surface area contributed by atoms with Gasteiger partial charge in [0.25, 0.3) is 0 Å². The van der Waals surface area contributed by atoms with E-state index in [1.165, 1.54) is 30.1 Å². The van der Waals surface area contributed by atoms with Crippen LogP contribution in [-0.4, -0.2) is 28.6 Å². The number of aromatic nitrogens is 1. The summed E-state index contributed by atoms with van der Waals surface area (Å²) in [6.07, 6.45) is 0. The average Bonchev–Trinajstić information content (AvgIpc) is 2.84. The Bertz CT molecular complexity index is 688. The number of para-hydroxylation sites is 1. The molecule has 1 aromatic heterocycles. The summed E-state index contributed by atoms with van der Waals surface area (Å²) in [6.45, 7) is 1.90. The zero-order valence-electron chi connectivity index (χ0n) is 12.3. The third-order valence-corrected chi connectivity index (χ3v) is 3.58. The molecular formula is C14H14F3N3O2S. The quantitative estimate of drug-likeness (QED) is 0.841. The summed E-state index contributed by atoms with van der Waals surface area (Å²) in [5.74, 6) is 0.612. The second-order valence-electron chi connectivity index (χ2n) is 4.76. The molecule has 0 unspecified atom stereocenters. The van der Waals surface area contributed by atoms with E-state index in [4.69, 9.17) is 4.52 Å². The van der Waals surface area contributed by atoms with Crippen LogP contribution in [0.2, 0.25) is 0 Å². The first-order chi connectivity index (χ1) is 10.7. The van der Waals surface area contributed by atoms with Crippen molar-refractivity contribution in [2.24, 2.45) is 0 Å². The molecule has 1 aromatic carbocycles. The maximum Gasteiger partial charge on any atom is 0.446 e. The second-order valence-corrected chi connectivity index (χ2v) is 5.87. The summed E-state index contributed by atoms with van der Waals surface area (Å²) in [5, 5.41) is 6.23. The van der Waals surface area contributed by atoms with Gasteiger partial charge >= 0.3 is 11.5 Å². The summed E-state index contributed by atoms with van der Waals surface area (Å²) >= 11 is -0.272. The van der Waals surface area contributed by atoms with Gasteiger partial charge in [-0.25, -0.2) is 4.79 Å². The van der Waals surface area contributed by atoms with E-state index in [1.807, 2.05) is 0 Å². The Morgan fingerprint density at radius 1 is 1.39 bits per heavy atom. The van der Waals surface area contributed by atoms with Crippen molar-refractivity contribution in [1.29, 1.82) is 0 Å². The Labute approximate surface area is 134 Å². The van der Waals surface area contributed by atoms with Crippen LogP contribution in [0.25, 0.3) is 0 Å². The van der Waals surface area contributed by atoms with Gasteiger partial charge in [-0.05, 0) is 30.8 Å². The maximum atomic E-state index is 12.5. The summed E-state index contributed by atoms with van der Waals surface area (Å²) in [7, 11) is 1.51. The third-order valence-electron chi connectivity index (χ3n) is 2.78. The van der Waals surface area contributed by atoms with E-state index in [0.717, 1.165) is 0 Å². The van der Waals surface area contributed by atoms with Crippen LogP contribution < -0.4 is 5.32 Å². The van der Waals surface area contributed by atoms with Gasteiger partial charge in [-0.2, -0.15) is 13.2 Å². The van der Waals surface area contributed by atoms with Crippen LogP contribution >= 0.6 is 11.8 Å². The molecule has 0 aliphatic carbocycles. The number of carbonyl (C=O) groups is 1. The van der Waals surface area contributed by atoms with Gasteiger partial charge < -0.3 is 14.7 Å². The highest BCUT2D eigenvalue weighted by atomic mass is 32.2. The standard InChI is InChI=1S/C14H14F3N3O2S/c1-9-7-10(19-22-9)8-20(2)13(21)18-11-5-3-4-6-12(11)23-14(15,16)17/h3-7H,8H2,1-2H3,(H,18,21). The molecule has 0 aliphatic heterocycles. The minimum absolute atomic E-state index is 0.0703. The molecule has 2 rings (SSSR count). The molecule has 1 N–H and O–H groups in total. The van der Waals surface area contributed by atoms with E-state index in [0.29, 0.717) is 11.5 Å². The van der Waals surface area contributed by atoms with Gasteiger partial charge in [0.05, 0.1) is 12.2 Å². The highest BCUT2D eigenvalue weighted by Gasteiger charge is 2.30. The van der Waals surface area contributed by atoms with E-state index in [2.05, 4.69) is 10.5 Å². The molecule has 0 fully saturated rings. The number of carbonyl (C=O) groups excluding carboxylic acids is 1. The number of halogens is 3. The van der Waals surface area contributed by atoms with Gasteiger partial charge in [0, 0.05) is 18.0 Å². The SMILES string of the molecule is Cc1cc(CN(C)C(=O)Nc2ccccc2SC(F)(F)F)no1. The first kappa shape index (κ1) is 17.2. The topological polar surface area (TPSA) is 58.4 Å². The number of hydrogen-bond donors (Lipinski definition) is 1. The highest BCUT2D eigenvalue weighted by molar-refractivity contribution is 8.00. The van der Waals surface area contributed by atoms with Crippen molar-refractivity contribution in [1.82, 2.24) is 10.1 Å². The number of aryl methyl sites for hydroxylation is 1. The fourth-order valence-corrected chi connectivity index (χ4v) is 2.43. The van der Waals surface area contributed by atoms with Crippen LogP contribution in [0.3, 0.4) is 0 Å². The van der Waals surface area contributed by atoms with Crippen molar-refractivity contribution in [3.8, 4) is 0 Å². The molecule has 124 valence electrons. The van der Waals surface area contributed by atoms with Crippen LogP contribution in [0.4, 0.5) is 23.7 Å². The molecule has 0 radical (unpaired) electrons. The predicted octanol–water partition coefficient (Wildman–Crippen LogP) is 4.26. The normalized spacial score (nSPS) is 11.3. The third kappa shape index (κ3) is 5.20. The lowest BCUT2D eigenvalue weighted by molar-refractivity contribution is -0.0328. The fourth-order valence-electron chi connectivity index (χ4n) is 1.80. The van der Waals surface area contributed by atoms with Crippen molar-refractivity contribution in [3.63, 3.8) is 0 Å². The number of nitrogens with one attached hydrogen (secondary N) is 1. The largest absolute Gasteiger partial charge is 0.446 e. The Morgan fingerprint density at radius 3 is 2.70 bits per heavy atom. The number of anilines is 1. The van der Waals surface area contributed by atoms with Gasteiger partial charge in [0.1, 0.15) is 11.5 Å². The van der Waals surface area contributed by atoms with E-state index in [1.54, 1.807) is 19.1 Å². The smallest absolute Gasteiger partial charge is 0.361 e. The lowest BCUT2D eigenvalue weighted by Crippen LogP contribution is -2.31. The lowest BCUT2D eigenvalue weighted by Gasteiger charge is -2.18. The highest BCUT2D eigenvalue weighted by Crippen LogP contribution is 2.40. The number of benzene rings is 1. The van der Waals surface area contributed by atoms with Gasteiger partial charge in [0.2, 0.25) is 0 Å². The van der Waals surface area contributed by atoms with Gasteiger partial charge in [0.15, 0.2) is 0 Å². The van der Waals surface area contributed by atoms with E-state index in [-0.39, 0.29) is 28.9 Å². The van der Waals surface area contributed by atoms with Gasteiger partial charge in [-0.1, -0.05) is 17.3 Å². The molecule has 0 aliphatic rings. The lowest BCUT2D eigenvalue weighted by atomic mass is 10.3. The molecule has 5 nitrogen and oxygen atoms in total. The van der Waals surface area contributed by atoms with E-state index >= 15 is 0 Å². The minimum atomic E-state index is -4.43. The van der Waals surface area contributed by atoms with Crippen LogP contribution in [0.5, 0.6) is 0 Å². The zero-order valence-corrected chi connectivity index (χ0v) is 13.2. The van der Waals surface area contributed by atoms with Gasteiger partial charge in [-0.15, -0.1) is 0 Å². The zero-order chi connectivity index (χ0) is 17.0. The van der Waals surface area contributed by atoms with Gasteiger partial charge in [-0.3, -0.25) is 0 Å². The minimum Gasteiger partial charge on any atom is -0.361 e. The number of rotatable bonds is 4. The molecule has 23 heavy (non-hydrogen) atoms. The van der Waals surface area contributed by atoms with Crippen LogP contribution in [0.1, 0.15) is 11.5 Å². The first-order valence-corrected chi connectivity index (χ1v) is 7.35. The summed E-state index contributed by atoms with van der Waals surface area (Å²) in [4.78, 5) is 13.3. The number of amides is 2. The number of hydrogen-bond acceptors (Lipinski definition) is 4. The summed E-state index contributed by atoms with van der Waals surface area (Å²) in [5.41, 5.74) is -3.77. The molecule has 2 amide bonds. The van der Waals surface area contributed by atoms with E-state index < -0.39 is 11.5 Å². The number of thioether (sulfide) groups is 1. The molecule has 0 bridgehead atoms. The average molecular weight is 345 g/mol. The maximum absolute atomic E-state index is 12.5. The summed E-state index contributed by atoms with van der Waals surface area (Å²) < 4.78 is 42.5. The van der Waals surface area contributed by atoms with Crippen molar-refractivity contribution < 1.29 is 22.5 Å². The van der Waals surface area contributed by atoms with Crippen molar-refractivity contribution >= 4 is 23.5 Å². The molecular weight excluding hydrogens is 331 g/mol. The monoisotopic (exact) mass is 345 g/mol. The Morgan fingerprint density at radius 2 is 2.09 bits per heavy atom. The van der Waals surface area contributed by atoms with Crippen LogP contribution in [0, 0.1) is 6.92 Å². The number of urea groups is 1. The van der Waals surface area contributed by atoms with Crippen LogP contribution in [-0.2, 0) is 6.54 Å². The Hall–Kier alpha value is -2.16. The second kappa shape index (κ2) is 6.95. The van der Waals surface area contributed by atoms with E-state index in [9.17, 15) is 18.0 Å². The Kier molecular flexibility index (Phi) is 5.19. The molecule has 0 atom stereocenters. The summed E-state index contributed by atoms with van der Waals surface area (Å²) in [6, 6.07) is 6.88. The van der Waals surface area contributed by atoms with Crippen molar-refractivity contribution in [2.75, 3.05) is 12.4 Å². The number of alkyl halides is 3. The van der Waals surface area contributed by atoms with Crippen molar-refractivity contribution in [2.45, 2.75) is 23.9 Å². The molecule has 0 saturated heterocycles. The first-order valence-electron chi connectivity index (χ1n) is 6.53. The van der Waals surface area contributed by atoms with Crippen LogP contribution in [0.15, 0.2) is 39.8 Å². The predicted molar refractivity (Wildman–Crippen MR) is 80.1 cm³/mol. The molecule has 9 heteroatoms. The number of nitrogens with zero attached hydrogens (tertiary/aromatic N) is 2. The molecule has 0 saturated carbocycles. The molecule has 1 heterocycles. The molecule has 2 aromatic rings. The Balaban J connectivity index is 2.05. The fraction of sp³-hybridized carbons (Fsp3) is 0.286. The molecule has 0 spiro atoms.